The zero-order valence-electron chi connectivity index (χ0n) is 16.8. The highest BCUT2D eigenvalue weighted by atomic mass is 19.3. The quantitative estimate of drug-likeness (QED) is 0.808. The van der Waals surface area contributed by atoms with Gasteiger partial charge in [-0.3, -0.25) is 9.69 Å². The van der Waals surface area contributed by atoms with Crippen LogP contribution in [0.5, 0.6) is 0 Å². The molecule has 30 heavy (non-hydrogen) atoms. The van der Waals surface area contributed by atoms with Crippen molar-refractivity contribution in [1.29, 1.82) is 0 Å². The van der Waals surface area contributed by atoms with Crippen molar-refractivity contribution in [3.05, 3.63) is 42.7 Å². The Morgan fingerprint density at radius 3 is 2.17 bits per heavy atom. The number of alkyl halides is 2. The molecule has 1 aromatic heterocycles. The van der Waals surface area contributed by atoms with Gasteiger partial charge in [-0.05, 0) is 12.1 Å². The zero-order valence-corrected chi connectivity index (χ0v) is 16.8. The smallest absolute Gasteiger partial charge is 0.251 e. The van der Waals surface area contributed by atoms with E-state index < -0.39 is 5.92 Å². The fourth-order valence-corrected chi connectivity index (χ4v) is 3.81. The lowest BCUT2D eigenvalue weighted by atomic mass is 10.1. The first-order valence-electron chi connectivity index (χ1n) is 10.3. The van der Waals surface area contributed by atoms with Crippen LogP contribution in [0, 0.1) is 0 Å². The van der Waals surface area contributed by atoms with Gasteiger partial charge in [0.2, 0.25) is 5.91 Å². The van der Waals surface area contributed by atoms with E-state index in [2.05, 4.69) is 25.1 Å². The van der Waals surface area contributed by atoms with Crippen molar-refractivity contribution in [2.45, 2.75) is 18.8 Å². The summed E-state index contributed by atoms with van der Waals surface area (Å²) in [6.45, 7) is 3.93. The van der Waals surface area contributed by atoms with Gasteiger partial charge in [-0.25, -0.2) is 18.7 Å². The Kier molecular flexibility index (Phi) is 6.08. The second-order valence-corrected chi connectivity index (χ2v) is 7.75. The molecule has 0 bridgehead atoms. The highest BCUT2D eigenvalue weighted by Gasteiger charge is 2.34. The van der Waals surface area contributed by atoms with Crippen molar-refractivity contribution in [3.8, 4) is 0 Å². The van der Waals surface area contributed by atoms with Gasteiger partial charge < -0.3 is 15.1 Å². The third-order valence-corrected chi connectivity index (χ3v) is 5.58. The summed E-state index contributed by atoms with van der Waals surface area (Å²) < 4.78 is 26.8. The SMILES string of the molecule is O=C(CN1CCN(c2cc(N3CCC(F)(F)CC3)ncn2)CC1)Nc1ccccc1. The maximum absolute atomic E-state index is 13.4. The second-order valence-electron chi connectivity index (χ2n) is 7.75. The number of piperidine rings is 1. The Hall–Kier alpha value is -2.81. The minimum atomic E-state index is -2.57. The molecule has 4 rings (SSSR count). The van der Waals surface area contributed by atoms with Crippen LogP contribution in [0.1, 0.15) is 12.8 Å². The molecule has 0 radical (unpaired) electrons. The monoisotopic (exact) mass is 416 g/mol. The first-order valence-corrected chi connectivity index (χ1v) is 10.3. The number of carbonyl (C=O) groups excluding carboxylic acids is 1. The standard InChI is InChI=1S/C21H26F2N6O/c22-21(23)6-8-28(9-7-21)18-14-19(25-16-24-18)29-12-10-27(11-13-29)15-20(30)26-17-4-2-1-3-5-17/h1-5,14,16H,6-13,15H2,(H,26,30). The molecular weight excluding hydrogens is 390 g/mol. The molecular formula is C21H26F2N6O. The number of anilines is 3. The summed E-state index contributed by atoms with van der Waals surface area (Å²) in [5.41, 5.74) is 0.796. The number of nitrogens with one attached hydrogen (secondary N) is 1. The zero-order chi connectivity index (χ0) is 21.0. The van der Waals surface area contributed by atoms with Crippen molar-refractivity contribution >= 4 is 23.2 Å². The van der Waals surface area contributed by atoms with Crippen LogP contribution in [0.4, 0.5) is 26.1 Å². The van der Waals surface area contributed by atoms with Gasteiger partial charge in [-0.2, -0.15) is 0 Å². The number of para-hydroxylation sites is 1. The Morgan fingerprint density at radius 2 is 1.53 bits per heavy atom. The number of nitrogens with zero attached hydrogens (tertiary/aromatic N) is 5. The van der Waals surface area contributed by atoms with Gasteiger partial charge in [0, 0.05) is 63.9 Å². The van der Waals surface area contributed by atoms with Gasteiger partial charge in [0.1, 0.15) is 18.0 Å². The number of amides is 1. The molecule has 1 aromatic carbocycles. The normalized spacial score (nSPS) is 19.5. The number of aromatic nitrogens is 2. The molecule has 160 valence electrons. The molecule has 0 spiro atoms. The molecule has 2 aliphatic rings. The summed E-state index contributed by atoms with van der Waals surface area (Å²) in [5.74, 6) is -1.11. The lowest BCUT2D eigenvalue weighted by molar-refractivity contribution is -0.117. The lowest BCUT2D eigenvalue weighted by Crippen LogP contribution is -2.49. The fraction of sp³-hybridized carbons (Fsp3) is 0.476. The molecule has 2 aromatic rings. The van der Waals surface area contributed by atoms with E-state index in [9.17, 15) is 13.6 Å². The molecule has 0 atom stereocenters. The van der Waals surface area contributed by atoms with Crippen LogP contribution in [-0.2, 0) is 4.79 Å². The Labute approximate surface area is 174 Å². The minimum Gasteiger partial charge on any atom is -0.356 e. The van der Waals surface area contributed by atoms with Gasteiger partial charge >= 0.3 is 0 Å². The highest BCUT2D eigenvalue weighted by molar-refractivity contribution is 5.92. The van der Waals surface area contributed by atoms with Crippen molar-refractivity contribution in [1.82, 2.24) is 14.9 Å². The van der Waals surface area contributed by atoms with Crippen LogP contribution in [0.25, 0.3) is 0 Å². The van der Waals surface area contributed by atoms with Gasteiger partial charge in [0.25, 0.3) is 5.92 Å². The Bertz CT molecular complexity index is 848. The van der Waals surface area contributed by atoms with Crippen molar-refractivity contribution < 1.29 is 13.6 Å². The molecule has 0 unspecified atom stereocenters. The predicted octanol–water partition coefficient (Wildman–Crippen LogP) is 2.47. The molecule has 0 saturated carbocycles. The molecule has 2 aliphatic heterocycles. The van der Waals surface area contributed by atoms with E-state index in [1.807, 2.05) is 41.3 Å². The number of benzene rings is 1. The number of halogens is 2. The molecule has 9 heteroatoms. The van der Waals surface area contributed by atoms with Crippen LogP contribution in [0.15, 0.2) is 42.7 Å². The molecule has 0 aliphatic carbocycles. The number of carbonyl (C=O) groups is 1. The van der Waals surface area contributed by atoms with Crippen LogP contribution < -0.4 is 15.1 Å². The summed E-state index contributed by atoms with van der Waals surface area (Å²) in [5, 5.41) is 2.91. The van der Waals surface area contributed by atoms with Crippen molar-refractivity contribution in [2.75, 3.05) is 60.9 Å². The number of hydrogen-bond donors (Lipinski definition) is 1. The predicted molar refractivity (Wildman–Crippen MR) is 112 cm³/mol. The average molecular weight is 416 g/mol. The van der Waals surface area contributed by atoms with Crippen LogP contribution in [0.2, 0.25) is 0 Å². The van der Waals surface area contributed by atoms with Crippen LogP contribution in [0.3, 0.4) is 0 Å². The summed E-state index contributed by atoms with van der Waals surface area (Å²) in [7, 11) is 0. The first-order chi connectivity index (χ1) is 14.5. The van der Waals surface area contributed by atoms with Crippen LogP contribution >= 0.6 is 0 Å². The van der Waals surface area contributed by atoms with Gasteiger partial charge in [-0.1, -0.05) is 18.2 Å². The van der Waals surface area contributed by atoms with Crippen molar-refractivity contribution in [2.24, 2.45) is 0 Å². The van der Waals surface area contributed by atoms with Crippen LogP contribution in [-0.4, -0.2) is 72.5 Å². The van der Waals surface area contributed by atoms with E-state index in [4.69, 9.17) is 0 Å². The summed E-state index contributed by atoms with van der Waals surface area (Å²) in [6.07, 6.45) is 1.21. The number of rotatable bonds is 5. The lowest BCUT2D eigenvalue weighted by Gasteiger charge is -2.36. The molecule has 3 heterocycles. The van der Waals surface area contributed by atoms with E-state index >= 15 is 0 Å². The van der Waals surface area contributed by atoms with E-state index in [-0.39, 0.29) is 18.7 Å². The third-order valence-electron chi connectivity index (χ3n) is 5.58. The molecule has 7 nitrogen and oxygen atoms in total. The number of piperazine rings is 1. The summed E-state index contributed by atoms with van der Waals surface area (Å²) in [6, 6.07) is 11.3. The van der Waals surface area contributed by atoms with E-state index in [1.54, 1.807) is 0 Å². The molecule has 2 fully saturated rings. The van der Waals surface area contributed by atoms with Gasteiger partial charge in [0.15, 0.2) is 0 Å². The van der Waals surface area contributed by atoms with E-state index in [0.717, 1.165) is 37.7 Å². The Balaban J connectivity index is 1.28. The third kappa shape index (κ3) is 5.21. The highest BCUT2D eigenvalue weighted by Crippen LogP contribution is 2.30. The maximum Gasteiger partial charge on any atom is 0.251 e. The first kappa shape index (κ1) is 20.5. The summed E-state index contributed by atoms with van der Waals surface area (Å²) in [4.78, 5) is 27.1. The number of hydrogen-bond acceptors (Lipinski definition) is 6. The molecule has 1 N–H and O–H groups in total. The topological polar surface area (TPSA) is 64.6 Å². The van der Waals surface area contributed by atoms with Gasteiger partial charge in [-0.15, -0.1) is 0 Å². The Morgan fingerprint density at radius 1 is 0.933 bits per heavy atom. The fourth-order valence-electron chi connectivity index (χ4n) is 3.81. The largest absolute Gasteiger partial charge is 0.356 e. The second kappa shape index (κ2) is 8.91. The van der Waals surface area contributed by atoms with Gasteiger partial charge in [0.05, 0.1) is 6.54 Å². The van der Waals surface area contributed by atoms with E-state index in [0.29, 0.717) is 25.5 Å². The molecule has 1 amide bonds. The summed E-state index contributed by atoms with van der Waals surface area (Å²) >= 11 is 0. The minimum absolute atomic E-state index is 0.0270. The average Bonchev–Trinajstić information content (AvgIpc) is 2.75. The van der Waals surface area contributed by atoms with Crippen molar-refractivity contribution in [3.63, 3.8) is 0 Å². The van der Waals surface area contributed by atoms with E-state index in [1.165, 1.54) is 6.33 Å². The maximum atomic E-state index is 13.4. The molecule has 2 saturated heterocycles.